The summed E-state index contributed by atoms with van der Waals surface area (Å²) in [7, 11) is 0. The van der Waals surface area contributed by atoms with Crippen LogP contribution in [0.1, 0.15) is 65.2 Å². The number of esters is 1. The maximum atomic E-state index is 12.3. The van der Waals surface area contributed by atoms with Crippen molar-refractivity contribution >= 4 is 33.7 Å². The number of hydrogen-bond donors (Lipinski definition) is 0. The van der Waals surface area contributed by atoms with E-state index < -0.39 is 0 Å². The zero-order valence-corrected chi connectivity index (χ0v) is 17.6. The zero-order chi connectivity index (χ0) is 20.5. The number of hydrogen-bond acceptors (Lipinski definition) is 4. The molecule has 4 aromatic rings. The Morgan fingerprint density at radius 3 is 2.62 bits per heavy atom. The van der Waals surface area contributed by atoms with E-state index in [0.29, 0.717) is 12.2 Å². The molecule has 0 N–H and O–H groups in total. The second kappa shape index (κ2) is 7.85. The first-order valence-corrected chi connectivity index (χ1v) is 10.6. The fraction of sp³-hybridized carbons (Fsp3) is 0.435. The summed E-state index contributed by atoms with van der Waals surface area (Å²) < 4.78 is 10.0. The van der Waals surface area contributed by atoms with E-state index in [1.165, 1.54) is 0 Å². The first-order chi connectivity index (χ1) is 14.1. The van der Waals surface area contributed by atoms with Crippen LogP contribution >= 0.6 is 0 Å². The second-order valence-corrected chi connectivity index (χ2v) is 7.62. The van der Waals surface area contributed by atoms with Crippen molar-refractivity contribution in [1.29, 1.82) is 0 Å². The van der Waals surface area contributed by atoms with Gasteiger partial charge in [-0.05, 0) is 38.3 Å². The summed E-state index contributed by atoms with van der Waals surface area (Å²) in [6.45, 7) is 8.43. The molecule has 29 heavy (non-hydrogen) atoms. The maximum Gasteiger partial charge on any atom is 0.311 e. The van der Waals surface area contributed by atoms with Gasteiger partial charge in [0.1, 0.15) is 16.9 Å². The first kappa shape index (κ1) is 19.4. The van der Waals surface area contributed by atoms with Gasteiger partial charge in [-0.15, -0.1) is 0 Å². The summed E-state index contributed by atoms with van der Waals surface area (Å²) in [4.78, 5) is 22.3. The van der Waals surface area contributed by atoms with Crippen molar-refractivity contribution in [3.63, 3.8) is 0 Å². The first-order valence-electron chi connectivity index (χ1n) is 10.6. The summed E-state index contributed by atoms with van der Waals surface area (Å²) in [6.07, 6.45) is 5.87. The van der Waals surface area contributed by atoms with Gasteiger partial charge >= 0.3 is 5.97 Å². The van der Waals surface area contributed by atoms with E-state index >= 15 is 0 Å². The van der Waals surface area contributed by atoms with Gasteiger partial charge in [0.2, 0.25) is 0 Å². The molecule has 0 bridgehead atoms. The van der Waals surface area contributed by atoms with Crippen LogP contribution in [-0.4, -0.2) is 24.9 Å². The van der Waals surface area contributed by atoms with Crippen molar-refractivity contribution in [3.8, 4) is 5.75 Å². The fourth-order valence-electron chi connectivity index (χ4n) is 3.82. The number of aromatic nitrogens is 4. The third-order valence-corrected chi connectivity index (χ3v) is 5.47. The van der Waals surface area contributed by atoms with E-state index in [4.69, 9.17) is 14.7 Å². The fourth-order valence-corrected chi connectivity index (χ4v) is 3.82. The molecule has 6 heteroatoms. The minimum absolute atomic E-state index is 0.220. The molecular weight excluding hydrogens is 364 g/mol. The lowest BCUT2D eigenvalue weighted by Crippen LogP contribution is -2.07. The van der Waals surface area contributed by atoms with E-state index in [2.05, 4.69) is 35.8 Å². The number of carbonyl (C=O) groups is 1. The molecule has 0 radical (unpaired) electrons. The quantitative estimate of drug-likeness (QED) is 0.392. The Hall–Kier alpha value is -2.89. The largest absolute Gasteiger partial charge is 0.424 e. The van der Waals surface area contributed by atoms with Crippen LogP contribution in [0.5, 0.6) is 5.75 Å². The van der Waals surface area contributed by atoms with E-state index in [0.717, 1.165) is 59.2 Å². The SMILES string of the molecule is CCCC(=O)Oc1cn([C@@H](C)CC)c2nc(CCC)n3c4ccccc4nc3c12. The summed E-state index contributed by atoms with van der Waals surface area (Å²) in [5, 5.41) is 0.811. The van der Waals surface area contributed by atoms with Crippen molar-refractivity contribution < 1.29 is 9.53 Å². The second-order valence-electron chi connectivity index (χ2n) is 7.62. The predicted molar refractivity (Wildman–Crippen MR) is 116 cm³/mol. The summed E-state index contributed by atoms with van der Waals surface area (Å²) in [5.41, 5.74) is 3.59. The van der Waals surface area contributed by atoms with Crippen LogP contribution in [0, 0.1) is 0 Å². The molecule has 0 saturated carbocycles. The molecule has 1 aromatic carbocycles. The monoisotopic (exact) mass is 392 g/mol. The molecule has 152 valence electrons. The Morgan fingerprint density at radius 2 is 1.90 bits per heavy atom. The highest BCUT2D eigenvalue weighted by atomic mass is 16.5. The molecule has 3 aromatic heterocycles. The average Bonchev–Trinajstić information content (AvgIpc) is 3.26. The standard InChI is InChI=1S/C23H28N4O2/c1-5-10-19-25-22-21(23-24-16-12-8-9-13-17(16)27(19)23)18(29-20(28)11-6-2)14-26(22)15(4)7-3/h8-9,12-15H,5-7,10-11H2,1-4H3/t15-/m0/s1. The summed E-state index contributed by atoms with van der Waals surface area (Å²) >= 11 is 0. The molecule has 0 unspecified atom stereocenters. The van der Waals surface area contributed by atoms with Gasteiger partial charge in [0, 0.05) is 25.1 Å². The van der Waals surface area contributed by atoms with Crippen LogP contribution in [0.25, 0.3) is 27.7 Å². The lowest BCUT2D eigenvalue weighted by atomic mass is 10.2. The minimum atomic E-state index is -0.220. The number of benzene rings is 1. The summed E-state index contributed by atoms with van der Waals surface area (Å²) in [5.74, 6) is 1.31. The van der Waals surface area contributed by atoms with Gasteiger partial charge in [0.15, 0.2) is 11.4 Å². The van der Waals surface area contributed by atoms with Crippen molar-refractivity contribution in [2.45, 2.75) is 65.8 Å². The molecule has 0 amide bonds. The van der Waals surface area contributed by atoms with E-state index in [9.17, 15) is 4.79 Å². The number of ether oxygens (including phenoxy) is 1. The van der Waals surface area contributed by atoms with Crippen molar-refractivity contribution in [3.05, 3.63) is 36.3 Å². The van der Waals surface area contributed by atoms with E-state index in [1.807, 2.05) is 31.3 Å². The van der Waals surface area contributed by atoms with Crippen LogP contribution in [0.3, 0.4) is 0 Å². The highest BCUT2D eigenvalue weighted by Gasteiger charge is 2.23. The van der Waals surface area contributed by atoms with Crippen LogP contribution in [-0.2, 0) is 11.2 Å². The molecule has 3 heterocycles. The zero-order valence-electron chi connectivity index (χ0n) is 17.6. The Balaban J connectivity index is 2.09. The van der Waals surface area contributed by atoms with Gasteiger partial charge in [-0.2, -0.15) is 0 Å². The molecule has 1 atom stereocenters. The molecule has 0 aliphatic carbocycles. The number of rotatable bonds is 7. The number of nitrogens with zero attached hydrogens (tertiary/aromatic N) is 4. The Bertz CT molecular complexity index is 1190. The molecule has 6 nitrogen and oxygen atoms in total. The lowest BCUT2D eigenvalue weighted by Gasteiger charge is -2.13. The van der Waals surface area contributed by atoms with Gasteiger partial charge in [-0.1, -0.05) is 32.9 Å². The van der Waals surface area contributed by atoms with E-state index in [-0.39, 0.29) is 12.0 Å². The van der Waals surface area contributed by atoms with E-state index in [1.54, 1.807) is 0 Å². The number of carbonyl (C=O) groups excluding carboxylic acids is 1. The molecular formula is C23H28N4O2. The van der Waals surface area contributed by atoms with Crippen LogP contribution in [0.2, 0.25) is 0 Å². The average molecular weight is 393 g/mol. The molecule has 0 aliphatic rings. The van der Waals surface area contributed by atoms with Crippen LogP contribution in [0.4, 0.5) is 0 Å². The minimum Gasteiger partial charge on any atom is -0.424 e. The Morgan fingerprint density at radius 1 is 1.10 bits per heavy atom. The number of fused-ring (bicyclic) bond motifs is 5. The van der Waals surface area contributed by atoms with Gasteiger partial charge in [-0.25, -0.2) is 9.97 Å². The van der Waals surface area contributed by atoms with Crippen LogP contribution < -0.4 is 4.74 Å². The third kappa shape index (κ3) is 3.26. The van der Waals surface area contributed by atoms with Crippen molar-refractivity contribution in [1.82, 2.24) is 18.9 Å². The summed E-state index contributed by atoms with van der Waals surface area (Å²) in [6, 6.07) is 8.33. The van der Waals surface area contributed by atoms with Crippen molar-refractivity contribution in [2.24, 2.45) is 0 Å². The Kier molecular flexibility index (Phi) is 5.26. The molecule has 0 spiro atoms. The van der Waals surface area contributed by atoms with Gasteiger partial charge in [0.25, 0.3) is 0 Å². The maximum absolute atomic E-state index is 12.3. The number of imidazole rings is 1. The molecule has 0 fully saturated rings. The molecule has 4 rings (SSSR count). The molecule has 0 saturated heterocycles. The smallest absolute Gasteiger partial charge is 0.311 e. The highest BCUT2D eigenvalue weighted by Crippen LogP contribution is 2.35. The Labute approximate surface area is 170 Å². The van der Waals surface area contributed by atoms with Crippen LogP contribution in [0.15, 0.2) is 30.5 Å². The predicted octanol–water partition coefficient (Wildman–Crippen LogP) is 5.47. The third-order valence-electron chi connectivity index (χ3n) is 5.47. The number of aryl methyl sites for hydroxylation is 1. The van der Waals surface area contributed by atoms with Gasteiger partial charge in [0.05, 0.1) is 11.0 Å². The topological polar surface area (TPSA) is 61.4 Å². The highest BCUT2D eigenvalue weighted by molar-refractivity contribution is 6.01. The normalized spacial score (nSPS) is 12.8. The molecule has 0 aliphatic heterocycles. The van der Waals surface area contributed by atoms with Gasteiger partial charge in [-0.3, -0.25) is 9.20 Å². The van der Waals surface area contributed by atoms with Gasteiger partial charge < -0.3 is 9.30 Å². The number of para-hydroxylation sites is 2. The lowest BCUT2D eigenvalue weighted by molar-refractivity contribution is -0.134. The van der Waals surface area contributed by atoms with Crippen molar-refractivity contribution in [2.75, 3.05) is 0 Å².